The van der Waals surface area contributed by atoms with E-state index in [9.17, 15) is 0 Å². The lowest BCUT2D eigenvalue weighted by atomic mass is 10.3. The van der Waals surface area contributed by atoms with Crippen LogP contribution in [0.1, 0.15) is 30.5 Å². The summed E-state index contributed by atoms with van der Waals surface area (Å²) >= 11 is 0. The molecule has 1 fully saturated rings. The van der Waals surface area contributed by atoms with Gasteiger partial charge in [0, 0.05) is 26.0 Å². The molecular weight excluding hydrogens is 212 g/mol. The van der Waals surface area contributed by atoms with Gasteiger partial charge in [-0.15, -0.1) is 0 Å². The van der Waals surface area contributed by atoms with E-state index in [1.807, 2.05) is 6.20 Å². The van der Waals surface area contributed by atoms with E-state index in [4.69, 9.17) is 4.74 Å². The molecule has 0 aromatic carbocycles. The van der Waals surface area contributed by atoms with Crippen LogP contribution in [0.4, 0.5) is 0 Å². The summed E-state index contributed by atoms with van der Waals surface area (Å²) < 4.78 is 5.57. The molecule has 1 aliphatic carbocycles. The third-order valence-electron chi connectivity index (χ3n) is 2.97. The highest BCUT2D eigenvalue weighted by molar-refractivity contribution is 5.11. The van der Waals surface area contributed by atoms with Gasteiger partial charge in [-0.25, -0.2) is 0 Å². The van der Waals surface area contributed by atoms with Gasteiger partial charge < -0.3 is 10.1 Å². The predicted octanol–water partition coefficient (Wildman–Crippen LogP) is 2.30. The van der Waals surface area contributed by atoms with Crippen molar-refractivity contribution in [2.75, 3.05) is 19.8 Å². The monoisotopic (exact) mass is 234 g/mol. The highest BCUT2D eigenvalue weighted by Crippen LogP contribution is 2.28. The van der Waals surface area contributed by atoms with Gasteiger partial charge in [0.15, 0.2) is 0 Å². The van der Waals surface area contributed by atoms with E-state index in [1.54, 1.807) is 0 Å². The average Bonchev–Trinajstić information content (AvgIpc) is 3.14. The van der Waals surface area contributed by atoms with E-state index in [1.165, 1.54) is 18.4 Å². The molecule has 0 spiro atoms. The number of ether oxygens (including phenoxy) is 1. The Kier molecular flexibility index (Phi) is 4.95. The van der Waals surface area contributed by atoms with Crippen LogP contribution in [0.5, 0.6) is 0 Å². The number of aryl methyl sites for hydroxylation is 1. The molecule has 1 heterocycles. The van der Waals surface area contributed by atoms with Crippen LogP contribution in [0.15, 0.2) is 18.3 Å². The lowest BCUT2D eigenvalue weighted by molar-refractivity contribution is 0.122. The fourth-order valence-corrected chi connectivity index (χ4v) is 1.65. The molecule has 2 rings (SSSR count). The summed E-state index contributed by atoms with van der Waals surface area (Å²) in [7, 11) is 0. The second kappa shape index (κ2) is 6.72. The van der Waals surface area contributed by atoms with Gasteiger partial charge in [0.05, 0.1) is 5.69 Å². The third kappa shape index (κ3) is 5.29. The molecule has 3 nitrogen and oxygen atoms in total. The highest BCUT2D eigenvalue weighted by Gasteiger charge is 2.20. The zero-order valence-corrected chi connectivity index (χ0v) is 10.6. The summed E-state index contributed by atoms with van der Waals surface area (Å²) in [4.78, 5) is 4.35. The molecule has 1 aliphatic rings. The van der Waals surface area contributed by atoms with Crippen LogP contribution in [-0.2, 0) is 11.3 Å². The number of rotatable bonds is 8. The van der Waals surface area contributed by atoms with Crippen LogP contribution < -0.4 is 5.32 Å². The molecule has 0 amide bonds. The number of aromatic nitrogens is 1. The SMILES string of the molecule is Cc1ccc(CNCCCOCC2CC2)nc1. The molecule has 94 valence electrons. The molecule has 0 atom stereocenters. The Morgan fingerprint density at radius 3 is 3.00 bits per heavy atom. The van der Waals surface area contributed by atoms with E-state index in [-0.39, 0.29) is 0 Å². The van der Waals surface area contributed by atoms with Gasteiger partial charge in [-0.3, -0.25) is 4.98 Å². The molecule has 1 aromatic rings. The van der Waals surface area contributed by atoms with Crippen molar-refractivity contribution >= 4 is 0 Å². The zero-order chi connectivity index (χ0) is 11.9. The van der Waals surface area contributed by atoms with Crippen molar-refractivity contribution in [3.63, 3.8) is 0 Å². The van der Waals surface area contributed by atoms with Gasteiger partial charge in [-0.05, 0) is 50.3 Å². The van der Waals surface area contributed by atoms with Crippen LogP contribution in [0.3, 0.4) is 0 Å². The van der Waals surface area contributed by atoms with Gasteiger partial charge >= 0.3 is 0 Å². The molecule has 1 N–H and O–H groups in total. The van der Waals surface area contributed by atoms with Crippen LogP contribution in [0.2, 0.25) is 0 Å². The largest absolute Gasteiger partial charge is 0.381 e. The first kappa shape index (κ1) is 12.5. The molecule has 3 heteroatoms. The maximum atomic E-state index is 5.57. The summed E-state index contributed by atoms with van der Waals surface area (Å²) in [5, 5.41) is 3.38. The third-order valence-corrected chi connectivity index (χ3v) is 2.97. The zero-order valence-electron chi connectivity index (χ0n) is 10.6. The Bertz CT molecular complexity index is 319. The Morgan fingerprint density at radius 1 is 1.41 bits per heavy atom. The first-order valence-electron chi connectivity index (χ1n) is 6.54. The Balaban J connectivity index is 1.46. The highest BCUT2D eigenvalue weighted by atomic mass is 16.5. The molecule has 0 saturated heterocycles. The van der Waals surface area contributed by atoms with Crippen LogP contribution in [0, 0.1) is 12.8 Å². The minimum Gasteiger partial charge on any atom is -0.381 e. The number of nitrogens with one attached hydrogen (secondary N) is 1. The van der Waals surface area contributed by atoms with E-state index in [2.05, 4.69) is 29.4 Å². The van der Waals surface area contributed by atoms with Crippen LogP contribution in [-0.4, -0.2) is 24.7 Å². The molecule has 1 aromatic heterocycles. The molecule has 0 aliphatic heterocycles. The van der Waals surface area contributed by atoms with Crippen molar-refractivity contribution in [2.45, 2.75) is 32.7 Å². The number of nitrogens with zero attached hydrogens (tertiary/aromatic N) is 1. The predicted molar refractivity (Wildman–Crippen MR) is 68.8 cm³/mol. The molecule has 0 radical (unpaired) electrons. The van der Waals surface area contributed by atoms with Gasteiger partial charge in [0.25, 0.3) is 0 Å². The topological polar surface area (TPSA) is 34.1 Å². The minimum atomic E-state index is 0.850. The second-order valence-electron chi connectivity index (χ2n) is 4.88. The average molecular weight is 234 g/mol. The number of pyridine rings is 1. The molecule has 0 unspecified atom stereocenters. The van der Waals surface area contributed by atoms with Gasteiger partial charge in [0.2, 0.25) is 0 Å². The summed E-state index contributed by atoms with van der Waals surface area (Å²) in [6.07, 6.45) is 5.74. The van der Waals surface area contributed by atoms with E-state index in [0.29, 0.717) is 0 Å². The van der Waals surface area contributed by atoms with Crippen molar-refractivity contribution in [1.82, 2.24) is 10.3 Å². The van der Waals surface area contributed by atoms with Gasteiger partial charge in [-0.2, -0.15) is 0 Å². The van der Waals surface area contributed by atoms with Gasteiger partial charge in [0.1, 0.15) is 0 Å². The Morgan fingerprint density at radius 2 is 2.29 bits per heavy atom. The summed E-state index contributed by atoms with van der Waals surface area (Å²) in [5.74, 6) is 0.875. The van der Waals surface area contributed by atoms with Crippen molar-refractivity contribution in [2.24, 2.45) is 5.92 Å². The number of hydrogen-bond donors (Lipinski definition) is 1. The van der Waals surface area contributed by atoms with E-state index >= 15 is 0 Å². The smallest absolute Gasteiger partial charge is 0.0541 e. The summed E-state index contributed by atoms with van der Waals surface area (Å²) in [6.45, 7) is 5.76. The molecular formula is C14H22N2O. The Hall–Kier alpha value is -0.930. The van der Waals surface area contributed by atoms with Crippen molar-refractivity contribution < 1.29 is 4.74 Å². The van der Waals surface area contributed by atoms with E-state index < -0.39 is 0 Å². The molecule has 1 saturated carbocycles. The first-order chi connectivity index (χ1) is 8.34. The first-order valence-corrected chi connectivity index (χ1v) is 6.54. The minimum absolute atomic E-state index is 0.850. The molecule has 17 heavy (non-hydrogen) atoms. The second-order valence-corrected chi connectivity index (χ2v) is 4.88. The summed E-state index contributed by atoms with van der Waals surface area (Å²) in [5.41, 5.74) is 2.32. The standard InChI is InChI=1S/C14H22N2O/c1-12-3-6-14(16-9-12)10-15-7-2-8-17-11-13-4-5-13/h3,6,9,13,15H,2,4-5,7-8,10-11H2,1H3. The fraction of sp³-hybridized carbons (Fsp3) is 0.643. The van der Waals surface area contributed by atoms with Crippen molar-refractivity contribution in [3.05, 3.63) is 29.6 Å². The maximum Gasteiger partial charge on any atom is 0.0541 e. The van der Waals surface area contributed by atoms with Crippen LogP contribution >= 0.6 is 0 Å². The lowest BCUT2D eigenvalue weighted by Gasteiger charge is -2.05. The maximum absolute atomic E-state index is 5.57. The fourth-order valence-electron chi connectivity index (χ4n) is 1.65. The lowest BCUT2D eigenvalue weighted by Crippen LogP contribution is -2.17. The van der Waals surface area contributed by atoms with Crippen molar-refractivity contribution in [1.29, 1.82) is 0 Å². The quantitative estimate of drug-likeness (QED) is 0.701. The normalized spacial score (nSPS) is 15.1. The van der Waals surface area contributed by atoms with Crippen molar-refractivity contribution in [3.8, 4) is 0 Å². The van der Waals surface area contributed by atoms with E-state index in [0.717, 1.165) is 44.3 Å². The van der Waals surface area contributed by atoms with Gasteiger partial charge in [-0.1, -0.05) is 6.07 Å². The van der Waals surface area contributed by atoms with Crippen LogP contribution in [0.25, 0.3) is 0 Å². The molecule has 0 bridgehead atoms. The number of hydrogen-bond acceptors (Lipinski definition) is 3. The summed E-state index contributed by atoms with van der Waals surface area (Å²) in [6, 6.07) is 4.18. The Labute approximate surface area is 104 Å².